The van der Waals surface area contributed by atoms with Crippen molar-refractivity contribution in [3.63, 3.8) is 0 Å². The van der Waals surface area contributed by atoms with Crippen molar-refractivity contribution >= 4 is 24.0 Å². The monoisotopic (exact) mass is 410 g/mol. The minimum Gasteiger partial charge on any atom is -0.348 e. The third-order valence-corrected chi connectivity index (χ3v) is 5.02. The molecule has 156 valence electrons. The van der Waals surface area contributed by atoms with Gasteiger partial charge in [-0.05, 0) is 60.4 Å². The molecule has 2 atom stereocenters. The molecule has 2 N–H and O–H groups in total. The third-order valence-electron chi connectivity index (χ3n) is 5.02. The number of rotatable bonds is 6. The average molecular weight is 410 g/mol. The number of amides is 2. The standard InChI is InChI=1S/C24H24F2N2O2/c25-19-11-5-17(6-12-19)9-15-23(29)27-21-3-1-2-4-22(21)28-24(30)16-10-18-7-13-20(26)14-8-18/h5-16,21-22H,1-4H2,(H,27,29)(H,28,30)/b15-9+,16-10+. The number of carbonyl (C=O) groups excluding carboxylic acids is 2. The van der Waals surface area contributed by atoms with Crippen LogP contribution in [0.25, 0.3) is 12.2 Å². The van der Waals surface area contributed by atoms with Crippen LogP contribution < -0.4 is 10.6 Å². The average Bonchev–Trinajstić information content (AvgIpc) is 2.74. The maximum Gasteiger partial charge on any atom is 0.244 e. The first-order chi connectivity index (χ1) is 14.5. The van der Waals surface area contributed by atoms with Crippen molar-refractivity contribution in [2.45, 2.75) is 37.8 Å². The van der Waals surface area contributed by atoms with Gasteiger partial charge < -0.3 is 10.6 Å². The predicted molar refractivity (Wildman–Crippen MR) is 113 cm³/mol. The van der Waals surface area contributed by atoms with Crippen LogP contribution >= 0.6 is 0 Å². The molecular weight excluding hydrogens is 386 g/mol. The Labute approximate surface area is 174 Å². The van der Waals surface area contributed by atoms with Gasteiger partial charge in [-0.1, -0.05) is 37.1 Å². The summed E-state index contributed by atoms with van der Waals surface area (Å²) < 4.78 is 25.9. The first-order valence-corrected chi connectivity index (χ1v) is 9.98. The quantitative estimate of drug-likeness (QED) is 0.700. The molecule has 1 aliphatic rings. The molecule has 1 fully saturated rings. The molecule has 2 aromatic rings. The van der Waals surface area contributed by atoms with Crippen LogP contribution in [0, 0.1) is 11.6 Å². The van der Waals surface area contributed by atoms with Crippen molar-refractivity contribution in [2.75, 3.05) is 0 Å². The van der Waals surface area contributed by atoms with Crippen LogP contribution in [0.1, 0.15) is 36.8 Å². The van der Waals surface area contributed by atoms with Crippen molar-refractivity contribution < 1.29 is 18.4 Å². The van der Waals surface area contributed by atoms with Gasteiger partial charge in [-0.25, -0.2) is 8.78 Å². The van der Waals surface area contributed by atoms with E-state index in [1.807, 2.05) is 0 Å². The molecule has 0 saturated heterocycles. The summed E-state index contributed by atoms with van der Waals surface area (Å²) in [6, 6.07) is 11.4. The van der Waals surface area contributed by atoms with Crippen LogP contribution in [0.2, 0.25) is 0 Å². The zero-order valence-corrected chi connectivity index (χ0v) is 16.5. The van der Waals surface area contributed by atoms with E-state index in [1.54, 1.807) is 36.4 Å². The van der Waals surface area contributed by atoms with Crippen molar-refractivity contribution in [3.8, 4) is 0 Å². The van der Waals surface area contributed by atoms with Gasteiger partial charge in [-0.3, -0.25) is 9.59 Å². The molecule has 0 aliphatic heterocycles. The van der Waals surface area contributed by atoms with E-state index in [0.29, 0.717) is 0 Å². The maximum atomic E-state index is 13.0. The summed E-state index contributed by atoms with van der Waals surface area (Å²) in [6.07, 6.45) is 9.58. The minimum atomic E-state index is -0.328. The number of benzene rings is 2. The Morgan fingerprint density at radius 1 is 0.700 bits per heavy atom. The lowest BCUT2D eigenvalue weighted by atomic mass is 9.90. The summed E-state index contributed by atoms with van der Waals surface area (Å²) in [4.78, 5) is 24.6. The molecule has 1 aliphatic carbocycles. The molecule has 3 rings (SSSR count). The third kappa shape index (κ3) is 6.65. The fraction of sp³-hybridized carbons (Fsp3) is 0.250. The number of hydrogen-bond acceptors (Lipinski definition) is 2. The molecule has 0 heterocycles. The van der Waals surface area contributed by atoms with Gasteiger partial charge in [0.15, 0.2) is 0 Å². The largest absolute Gasteiger partial charge is 0.348 e. The number of hydrogen-bond donors (Lipinski definition) is 2. The van der Waals surface area contributed by atoms with E-state index in [-0.39, 0.29) is 35.5 Å². The van der Waals surface area contributed by atoms with Crippen molar-refractivity contribution in [1.29, 1.82) is 0 Å². The van der Waals surface area contributed by atoms with E-state index in [4.69, 9.17) is 0 Å². The number of halogens is 2. The highest BCUT2D eigenvalue weighted by atomic mass is 19.1. The highest BCUT2D eigenvalue weighted by molar-refractivity contribution is 5.93. The minimum absolute atomic E-state index is 0.160. The number of nitrogens with one attached hydrogen (secondary N) is 2. The second-order valence-corrected chi connectivity index (χ2v) is 7.28. The predicted octanol–water partition coefficient (Wildman–Crippen LogP) is 4.24. The summed E-state index contributed by atoms with van der Waals surface area (Å²) >= 11 is 0. The summed E-state index contributed by atoms with van der Waals surface area (Å²) in [6.45, 7) is 0. The molecule has 0 aromatic heterocycles. The normalized spacial score (nSPS) is 19.1. The molecule has 2 unspecified atom stereocenters. The summed E-state index contributed by atoms with van der Waals surface area (Å²) in [5, 5.41) is 5.91. The smallest absolute Gasteiger partial charge is 0.244 e. The van der Waals surface area contributed by atoms with Crippen molar-refractivity contribution in [1.82, 2.24) is 10.6 Å². The summed E-state index contributed by atoms with van der Waals surface area (Å²) in [5.41, 5.74) is 1.46. The second kappa shape index (κ2) is 10.5. The van der Waals surface area contributed by atoms with Gasteiger partial charge in [0.05, 0.1) is 0 Å². The van der Waals surface area contributed by atoms with Crippen LogP contribution in [0.15, 0.2) is 60.7 Å². The SMILES string of the molecule is O=C(/C=C/c1ccc(F)cc1)NC1CCCCC1NC(=O)/C=C/c1ccc(F)cc1. The fourth-order valence-corrected chi connectivity index (χ4v) is 3.43. The Bertz CT molecular complexity index is 844. The van der Waals surface area contributed by atoms with E-state index in [0.717, 1.165) is 36.8 Å². The van der Waals surface area contributed by atoms with Crippen LogP contribution in [0.5, 0.6) is 0 Å². The topological polar surface area (TPSA) is 58.2 Å². The lowest BCUT2D eigenvalue weighted by Gasteiger charge is -2.32. The molecule has 1 saturated carbocycles. The first kappa shape index (κ1) is 21.4. The van der Waals surface area contributed by atoms with Gasteiger partial charge in [0.2, 0.25) is 11.8 Å². The van der Waals surface area contributed by atoms with Gasteiger partial charge in [0.1, 0.15) is 11.6 Å². The summed E-state index contributed by atoms with van der Waals surface area (Å²) in [5.74, 6) is -1.17. The molecule has 2 aromatic carbocycles. The number of carbonyl (C=O) groups is 2. The van der Waals surface area contributed by atoms with Gasteiger partial charge in [-0.2, -0.15) is 0 Å². The zero-order valence-electron chi connectivity index (χ0n) is 16.5. The molecule has 4 nitrogen and oxygen atoms in total. The van der Waals surface area contributed by atoms with Crippen LogP contribution in [0.3, 0.4) is 0 Å². The molecule has 2 amide bonds. The molecule has 0 bridgehead atoms. The van der Waals surface area contributed by atoms with Gasteiger partial charge >= 0.3 is 0 Å². The Kier molecular flexibility index (Phi) is 7.49. The second-order valence-electron chi connectivity index (χ2n) is 7.28. The van der Waals surface area contributed by atoms with Crippen LogP contribution in [0.4, 0.5) is 8.78 Å². The lowest BCUT2D eigenvalue weighted by molar-refractivity contribution is -0.120. The van der Waals surface area contributed by atoms with Crippen LogP contribution in [-0.4, -0.2) is 23.9 Å². The molecule has 0 spiro atoms. The van der Waals surface area contributed by atoms with E-state index in [9.17, 15) is 18.4 Å². The van der Waals surface area contributed by atoms with E-state index >= 15 is 0 Å². The van der Waals surface area contributed by atoms with Crippen molar-refractivity contribution in [3.05, 3.63) is 83.4 Å². The fourth-order valence-electron chi connectivity index (χ4n) is 3.43. The van der Waals surface area contributed by atoms with E-state index in [1.165, 1.54) is 36.4 Å². The molecule has 0 radical (unpaired) electrons. The summed E-state index contributed by atoms with van der Waals surface area (Å²) in [7, 11) is 0. The van der Waals surface area contributed by atoms with Crippen LogP contribution in [-0.2, 0) is 9.59 Å². The Balaban J connectivity index is 1.54. The highest BCUT2D eigenvalue weighted by Gasteiger charge is 2.26. The Morgan fingerprint density at radius 3 is 1.43 bits per heavy atom. The Hall–Kier alpha value is -3.28. The first-order valence-electron chi connectivity index (χ1n) is 9.98. The van der Waals surface area contributed by atoms with Gasteiger partial charge in [-0.15, -0.1) is 0 Å². The molecule has 30 heavy (non-hydrogen) atoms. The maximum absolute atomic E-state index is 13.0. The zero-order chi connectivity index (χ0) is 21.3. The van der Waals surface area contributed by atoms with E-state index in [2.05, 4.69) is 10.6 Å². The molecule has 6 heteroatoms. The van der Waals surface area contributed by atoms with Gasteiger partial charge in [0.25, 0.3) is 0 Å². The molecular formula is C24H24F2N2O2. The Morgan fingerprint density at radius 2 is 1.07 bits per heavy atom. The van der Waals surface area contributed by atoms with Crippen molar-refractivity contribution in [2.24, 2.45) is 0 Å². The lowest BCUT2D eigenvalue weighted by Crippen LogP contribution is -2.52. The van der Waals surface area contributed by atoms with E-state index < -0.39 is 0 Å². The highest BCUT2D eigenvalue weighted by Crippen LogP contribution is 2.19. The van der Waals surface area contributed by atoms with Gasteiger partial charge in [0, 0.05) is 24.2 Å².